The van der Waals surface area contributed by atoms with Crippen molar-refractivity contribution in [3.05, 3.63) is 41.6 Å². The van der Waals surface area contributed by atoms with Gasteiger partial charge in [-0.15, -0.1) is 0 Å². The van der Waals surface area contributed by atoms with E-state index in [1.54, 1.807) is 24.1 Å². The predicted octanol–water partition coefficient (Wildman–Crippen LogP) is 1.51. The highest BCUT2D eigenvalue weighted by atomic mass is 16.2. The molecular formula is C17H20N4O2. The molecule has 0 saturated carbocycles. The van der Waals surface area contributed by atoms with Gasteiger partial charge in [-0.25, -0.2) is 0 Å². The zero-order valence-electron chi connectivity index (χ0n) is 13.4. The van der Waals surface area contributed by atoms with Crippen molar-refractivity contribution < 1.29 is 9.59 Å². The molecule has 1 N–H and O–H groups in total. The Morgan fingerprint density at radius 1 is 1.26 bits per heavy atom. The van der Waals surface area contributed by atoms with E-state index in [1.165, 1.54) is 0 Å². The number of rotatable bonds is 3. The number of hydrogen-bond donors (Lipinski definition) is 1. The quantitative estimate of drug-likeness (QED) is 0.678. The van der Waals surface area contributed by atoms with Gasteiger partial charge in [-0.2, -0.15) is 5.26 Å². The number of amides is 2. The summed E-state index contributed by atoms with van der Waals surface area (Å²) in [4.78, 5) is 27.2. The maximum atomic E-state index is 12.2. The Kier molecular flexibility index (Phi) is 5.36. The lowest BCUT2D eigenvalue weighted by molar-refractivity contribution is -0.130. The molecule has 0 aliphatic carbocycles. The SMILES string of the molecule is CC(=O)N1CCN(/C=C(/C#N)C(=O)Nc2cccc(C)c2)CC1. The monoisotopic (exact) mass is 312 g/mol. The summed E-state index contributed by atoms with van der Waals surface area (Å²) in [6.45, 7) is 5.91. The lowest BCUT2D eigenvalue weighted by Crippen LogP contribution is -2.46. The highest BCUT2D eigenvalue weighted by molar-refractivity contribution is 6.06. The van der Waals surface area contributed by atoms with Crippen LogP contribution in [0.4, 0.5) is 5.69 Å². The molecule has 2 rings (SSSR count). The highest BCUT2D eigenvalue weighted by Gasteiger charge is 2.18. The summed E-state index contributed by atoms with van der Waals surface area (Å²) in [5.41, 5.74) is 1.76. The van der Waals surface area contributed by atoms with Gasteiger partial charge in [0.1, 0.15) is 11.6 Å². The molecule has 0 spiro atoms. The van der Waals surface area contributed by atoms with Crippen LogP contribution in [0, 0.1) is 18.3 Å². The van der Waals surface area contributed by atoms with E-state index in [4.69, 9.17) is 0 Å². The van der Waals surface area contributed by atoms with Gasteiger partial charge in [0.25, 0.3) is 5.91 Å². The second-order valence-electron chi connectivity index (χ2n) is 5.52. The minimum absolute atomic E-state index is 0.0475. The molecule has 1 fully saturated rings. The van der Waals surface area contributed by atoms with Crippen LogP contribution in [0.25, 0.3) is 0 Å². The van der Waals surface area contributed by atoms with Crippen LogP contribution >= 0.6 is 0 Å². The first-order valence-corrected chi connectivity index (χ1v) is 7.49. The topological polar surface area (TPSA) is 76.4 Å². The fraction of sp³-hybridized carbons (Fsp3) is 0.353. The molecule has 0 radical (unpaired) electrons. The lowest BCUT2D eigenvalue weighted by Gasteiger charge is -2.33. The average Bonchev–Trinajstić information content (AvgIpc) is 2.53. The summed E-state index contributed by atoms with van der Waals surface area (Å²) in [5, 5.41) is 12.0. The molecule has 6 nitrogen and oxygen atoms in total. The third kappa shape index (κ3) is 4.58. The van der Waals surface area contributed by atoms with Gasteiger partial charge in [0.05, 0.1) is 0 Å². The van der Waals surface area contributed by atoms with E-state index in [-0.39, 0.29) is 11.5 Å². The molecule has 2 amide bonds. The Morgan fingerprint density at radius 2 is 1.96 bits per heavy atom. The highest BCUT2D eigenvalue weighted by Crippen LogP contribution is 2.12. The molecule has 1 heterocycles. The van der Waals surface area contributed by atoms with E-state index in [0.29, 0.717) is 31.9 Å². The largest absolute Gasteiger partial charge is 0.373 e. The first-order valence-electron chi connectivity index (χ1n) is 7.49. The summed E-state index contributed by atoms with van der Waals surface area (Å²) in [6, 6.07) is 9.36. The average molecular weight is 312 g/mol. The van der Waals surface area contributed by atoms with Gasteiger partial charge in [-0.05, 0) is 24.6 Å². The molecule has 6 heteroatoms. The first kappa shape index (κ1) is 16.6. The van der Waals surface area contributed by atoms with E-state index in [2.05, 4.69) is 5.32 Å². The van der Waals surface area contributed by atoms with Gasteiger partial charge in [-0.1, -0.05) is 12.1 Å². The molecule has 120 valence electrons. The summed E-state index contributed by atoms with van der Waals surface area (Å²) in [7, 11) is 0. The molecule has 0 aromatic heterocycles. The van der Waals surface area contributed by atoms with Crippen molar-refractivity contribution in [3.63, 3.8) is 0 Å². The Morgan fingerprint density at radius 3 is 2.52 bits per heavy atom. The van der Waals surface area contributed by atoms with Crippen molar-refractivity contribution in [2.45, 2.75) is 13.8 Å². The number of carbonyl (C=O) groups is 2. The standard InChI is InChI=1S/C17H20N4O2/c1-13-4-3-5-16(10-13)19-17(23)15(11-18)12-20-6-8-21(9-7-20)14(2)22/h3-5,10,12H,6-9H2,1-2H3,(H,19,23)/b15-12-. The van der Waals surface area contributed by atoms with Gasteiger partial charge >= 0.3 is 0 Å². The summed E-state index contributed by atoms with van der Waals surface area (Å²) in [5.74, 6) is -0.376. The van der Waals surface area contributed by atoms with Crippen LogP contribution in [0.1, 0.15) is 12.5 Å². The number of hydrogen-bond acceptors (Lipinski definition) is 4. The molecule has 1 aromatic carbocycles. The minimum atomic E-state index is -0.424. The van der Waals surface area contributed by atoms with Crippen LogP contribution in [-0.4, -0.2) is 47.8 Å². The Labute approximate surface area is 136 Å². The van der Waals surface area contributed by atoms with E-state index in [0.717, 1.165) is 5.56 Å². The van der Waals surface area contributed by atoms with Crippen LogP contribution in [0.15, 0.2) is 36.0 Å². The first-order chi connectivity index (χ1) is 11.0. The second-order valence-corrected chi connectivity index (χ2v) is 5.52. The number of benzene rings is 1. The Hall–Kier alpha value is -2.81. The number of piperazine rings is 1. The third-order valence-electron chi connectivity index (χ3n) is 3.71. The summed E-state index contributed by atoms with van der Waals surface area (Å²) >= 11 is 0. The van der Waals surface area contributed by atoms with Gasteiger partial charge < -0.3 is 15.1 Å². The number of anilines is 1. The van der Waals surface area contributed by atoms with Crippen LogP contribution < -0.4 is 5.32 Å². The van der Waals surface area contributed by atoms with Crippen molar-refractivity contribution in [1.82, 2.24) is 9.80 Å². The zero-order chi connectivity index (χ0) is 16.8. The fourth-order valence-corrected chi connectivity index (χ4v) is 2.41. The van der Waals surface area contributed by atoms with E-state index >= 15 is 0 Å². The van der Waals surface area contributed by atoms with Crippen molar-refractivity contribution in [2.24, 2.45) is 0 Å². The summed E-state index contributed by atoms with van der Waals surface area (Å²) in [6.07, 6.45) is 1.57. The number of nitriles is 1. The van der Waals surface area contributed by atoms with Crippen LogP contribution in [-0.2, 0) is 9.59 Å². The van der Waals surface area contributed by atoms with Gasteiger partial charge in [0.2, 0.25) is 5.91 Å². The molecule has 1 aliphatic heterocycles. The molecule has 0 atom stereocenters. The van der Waals surface area contributed by atoms with Crippen molar-refractivity contribution in [1.29, 1.82) is 5.26 Å². The molecule has 0 unspecified atom stereocenters. The van der Waals surface area contributed by atoms with Crippen molar-refractivity contribution >= 4 is 17.5 Å². The van der Waals surface area contributed by atoms with E-state index in [1.807, 2.05) is 36.1 Å². The maximum Gasteiger partial charge on any atom is 0.267 e. The number of nitrogens with one attached hydrogen (secondary N) is 1. The molecule has 1 saturated heterocycles. The van der Waals surface area contributed by atoms with Crippen LogP contribution in [0.3, 0.4) is 0 Å². The van der Waals surface area contributed by atoms with E-state index in [9.17, 15) is 14.9 Å². The number of carbonyl (C=O) groups excluding carboxylic acids is 2. The minimum Gasteiger partial charge on any atom is -0.373 e. The van der Waals surface area contributed by atoms with E-state index < -0.39 is 5.91 Å². The smallest absolute Gasteiger partial charge is 0.267 e. The Bertz CT molecular complexity index is 667. The predicted molar refractivity (Wildman–Crippen MR) is 87.3 cm³/mol. The maximum absolute atomic E-state index is 12.2. The second kappa shape index (κ2) is 7.45. The normalized spacial score (nSPS) is 15.1. The van der Waals surface area contributed by atoms with Gasteiger partial charge in [-0.3, -0.25) is 9.59 Å². The molecular weight excluding hydrogens is 292 g/mol. The fourth-order valence-electron chi connectivity index (χ4n) is 2.41. The van der Waals surface area contributed by atoms with Crippen LogP contribution in [0.5, 0.6) is 0 Å². The molecule has 1 aliphatic rings. The van der Waals surface area contributed by atoms with Crippen LogP contribution in [0.2, 0.25) is 0 Å². The van der Waals surface area contributed by atoms with Crippen molar-refractivity contribution in [3.8, 4) is 6.07 Å². The molecule has 23 heavy (non-hydrogen) atoms. The Balaban J connectivity index is 2.00. The molecule has 1 aromatic rings. The number of aryl methyl sites for hydroxylation is 1. The third-order valence-corrected chi connectivity index (χ3v) is 3.71. The summed E-state index contributed by atoms with van der Waals surface area (Å²) < 4.78 is 0. The zero-order valence-corrected chi connectivity index (χ0v) is 13.4. The molecule has 0 bridgehead atoms. The van der Waals surface area contributed by atoms with Gasteiger partial charge in [0.15, 0.2) is 0 Å². The van der Waals surface area contributed by atoms with Gasteiger partial charge in [0, 0.05) is 45.0 Å². The van der Waals surface area contributed by atoms with Crippen molar-refractivity contribution in [2.75, 3.05) is 31.5 Å². The number of nitrogens with zero attached hydrogens (tertiary/aromatic N) is 3. The lowest BCUT2D eigenvalue weighted by atomic mass is 10.2.